The van der Waals surface area contributed by atoms with E-state index in [1.54, 1.807) is 23.9 Å². The van der Waals surface area contributed by atoms with Gasteiger partial charge in [0.1, 0.15) is 0 Å². The first-order valence-electron chi connectivity index (χ1n) is 6.25. The topological polar surface area (TPSA) is 63.4 Å². The third-order valence-electron chi connectivity index (χ3n) is 2.91. The van der Waals surface area contributed by atoms with Crippen LogP contribution in [0.1, 0.15) is 11.1 Å². The number of hydrogen-bond acceptors (Lipinski definition) is 4. The van der Waals surface area contributed by atoms with Crippen LogP contribution < -0.4 is 0 Å². The Morgan fingerprint density at radius 2 is 1.60 bits per heavy atom. The molecular formula is C15H15NO3S. The van der Waals surface area contributed by atoms with Gasteiger partial charge >= 0.3 is 0 Å². The molecule has 4 nitrogen and oxygen atoms in total. The second-order valence-electron chi connectivity index (χ2n) is 4.32. The van der Waals surface area contributed by atoms with E-state index in [9.17, 15) is 10.1 Å². The van der Waals surface area contributed by atoms with Crippen LogP contribution in [0.2, 0.25) is 0 Å². The zero-order chi connectivity index (χ0) is 14.4. The highest BCUT2D eigenvalue weighted by Crippen LogP contribution is 2.20. The van der Waals surface area contributed by atoms with Crippen LogP contribution in [0.25, 0.3) is 0 Å². The molecule has 0 atom stereocenters. The first-order valence-corrected chi connectivity index (χ1v) is 7.23. The quantitative estimate of drug-likeness (QED) is 0.503. The van der Waals surface area contributed by atoms with E-state index in [2.05, 4.69) is 0 Å². The third-order valence-corrected chi connectivity index (χ3v) is 3.93. The van der Waals surface area contributed by atoms with Crippen molar-refractivity contribution in [2.45, 2.75) is 17.9 Å². The molecule has 0 saturated carbocycles. The van der Waals surface area contributed by atoms with Gasteiger partial charge in [-0.05, 0) is 29.7 Å². The van der Waals surface area contributed by atoms with Crippen LogP contribution in [0.4, 0.5) is 5.69 Å². The number of benzene rings is 2. The maximum Gasteiger partial charge on any atom is 0.269 e. The van der Waals surface area contributed by atoms with Gasteiger partial charge in [0.2, 0.25) is 0 Å². The number of thioether (sulfide) groups is 1. The van der Waals surface area contributed by atoms with Gasteiger partial charge in [0.15, 0.2) is 0 Å². The van der Waals surface area contributed by atoms with Crippen LogP contribution in [0, 0.1) is 10.1 Å². The molecule has 104 valence electrons. The summed E-state index contributed by atoms with van der Waals surface area (Å²) < 4.78 is 0. The molecule has 0 aliphatic heterocycles. The zero-order valence-electron chi connectivity index (χ0n) is 10.9. The van der Waals surface area contributed by atoms with Crippen molar-refractivity contribution in [2.75, 3.05) is 5.75 Å². The number of nitrogens with zero attached hydrogens (tertiary/aromatic N) is 1. The molecule has 0 spiro atoms. The van der Waals surface area contributed by atoms with E-state index in [4.69, 9.17) is 5.11 Å². The zero-order valence-corrected chi connectivity index (χ0v) is 11.7. The van der Waals surface area contributed by atoms with Crippen LogP contribution in [-0.2, 0) is 13.0 Å². The van der Waals surface area contributed by atoms with Crippen molar-refractivity contribution in [2.24, 2.45) is 0 Å². The van der Waals surface area contributed by atoms with Crippen LogP contribution in [0.3, 0.4) is 0 Å². The molecule has 0 heterocycles. The monoisotopic (exact) mass is 289 g/mol. The number of non-ortho nitro benzene ring substituents is 1. The molecule has 0 radical (unpaired) electrons. The first-order chi connectivity index (χ1) is 9.69. The average molecular weight is 289 g/mol. The summed E-state index contributed by atoms with van der Waals surface area (Å²) >= 11 is 1.73. The second-order valence-corrected chi connectivity index (χ2v) is 5.49. The fraction of sp³-hybridized carbons (Fsp3) is 0.200. The van der Waals surface area contributed by atoms with E-state index in [0.717, 1.165) is 28.2 Å². The van der Waals surface area contributed by atoms with Crippen LogP contribution in [-0.4, -0.2) is 15.8 Å². The minimum absolute atomic E-state index is 0.0632. The summed E-state index contributed by atoms with van der Waals surface area (Å²) in [6.45, 7) is 0.0632. The SMILES string of the molecule is O=[N+]([O-])c1ccc(CCSc2ccc(CO)cc2)cc1. The van der Waals surface area contributed by atoms with Crippen molar-refractivity contribution in [1.29, 1.82) is 0 Å². The summed E-state index contributed by atoms with van der Waals surface area (Å²) in [6.07, 6.45) is 0.865. The molecule has 0 amide bonds. The Bertz CT molecular complexity index is 567. The summed E-state index contributed by atoms with van der Waals surface area (Å²) in [5, 5.41) is 19.5. The van der Waals surface area contributed by atoms with Gasteiger partial charge in [0.05, 0.1) is 11.5 Å². The maximum atomic E-state index is 10.5. The summed E-state index contributed by atoms with van der Waals surface area (Å²) in [5.74, 6) is 0.913. The molecular weight excluding hydrogens is 274 g/mol. The van der Waals surface area contributed by atoms with Gasteiger partial charge in [0, 0.05) is 22.8 Å². The van der Waals surface area contributed by atoms with Crippen LogP contribution in [0.15, 0.2) is 53.4 Å². The van der Waals surface area contributed by atoms with Gasteiger partial charge < -0.3 is 5.11 Å². The molecule has 0 fully saturated rings. The third kappa shape index (κ3) is 4.08. The standard InChI is InChI=1S/C15H15NO3S/c17-11-13-3-7-15(8-4-13)20-10-9-12-1-5-14(6-2-12)16(18)19/h1-8,17H,9-11H2. The smallest absolute Gasteiger partial charge is 0.269 e. The lowest BCUT2D eigenvalue weighted by atomic mass is 10.1. The van der Waals surface area contributed by atoms with E-state index in [-0.39, 0.29) is 17.2 Å². The predicted molar refractivity (Wildman–Crippen MR) is 79.9 cm³/mol. The molecule has 1 N–H and O–H groups in total. The highest BCUT2D eigenvalue weighted by Gasteiger charge is 2.03. The van der Waals surface area contributed by atoms with Crippen molar-refractivity contribution in [3.63, 3.8) is 0 Å². The lowest BCUT2D eigenvalue weighted by Crippen LogP contribution is -1.91. The van der Waals surface area contributed by atoms with Gasteiger partial charge in [0.25, 0.3) is 5.69 Å². The molecule has 2 aromatic rings. The van der Waals surface area contributed by atoms with Crippen molar-refractivity contribution >= 4 is 17.4 Å². The largest absolute Gasteiger partial charge is 0.392 e. The Kier molecular flexibility index (Phi) is 5.15. The lowest BCUT2D eigenvalue weighted by molar-refractivity contribution is -0.384. The van der Waals surface area contributed by atoms with Crippen molar-refractivity contribution < 1.29 is 10.0 Å². The minimum Gasteiger partial charge on any atom is -0.392 e. The van der Waals surface area contributed by atoms with Gasteiger partial charge in [-0.3, -0.25) is 10.1 Å². The Morgan fingerprint density at radius 1 is 1.00 bits per heavy atom. The maximum absolute atomic E-state index is 10.5. The minimum atomic E-state index is -0.388. The molecule has 0 saturated heterocycles. The summed E-state index contributed by atoms with van der Waals surface area (Å²) in [6, 6.07) is 14.5. The van der Waals surface area contributed by atoms with Crippen molar-refractivity contribution in [1.82, 2.24) is 0 Å². The average Bonchev–Trinajstić information content (AvgIpc) is 2.48. The van der Waals surface area contributed by atoms with Gasteiger partial charge in [-0.25, -0.2) is 0 Å². The number of hydrogen-bond donors (Lipinski definition) is 1. The number of rotatable bonds is 6. The van der Waals surface area contributed by atoms with E-state index in [0.29, 0.717) is 0 Å². The van der Waals surface area contributed by atoms with E-state index < -0.39 is 0 Å². The highest BCUT2D eigenvalue weighted by molar-refractivity contribution is 7.99. The fourth-order valence-corrected chi connectivity index (χ4v) is 2.66. The van der Waals surface area contributed by atoms with E-state index in [1.165, 1.54) is 12.1 Å². The van der Waals surface area contributed by atoms with Crippen LogP contribution in [0.5, 0.6) is 0 Å². The lowest BCUT2D eigenvalue weighted by Gasteiger charge is -2.03. The van der Waals surface area contributed by atoms with Gasteiger partial charge in [-0.1, -0.05) is 24.3 Å². The molecule has 0 unspecified atom stereocenters. The first kappa shape index (κ1) is 14.6. The number of aryl methyl sites for hydroxylation is 1. The molecule has 2 aromatic carbocycles. The predicted octanol–water partition coefficient (Wildman–Crippen LogP) is 3.42. The number of nitro benzene ring substituents is 1. The molecule has 0 aliphatic carbocycles. The summed E-state index contributed by atoms with van der Waals surface area (Å²) in [7, 11) is 0. The molecule has 20 heavy (non-hydrogen) atoms. The van der Waals surface area contributed by atoms with E-state index >= 15 is 0 Å². The molecule has 5 heteroatoms. The van der Waals surface area contributed by atoms with Crippen molar-refractivity contribution in [3.05, 3.63) is 69.8 Å². The number of aliphatic hydroxyl groups excluding tert-OH is 1. The normalized spacial score (nSPS) is 10.4. The number of aliphatic hydroxyl groups is 1. The summed E-state index contributed by atoms with van der Waals surface area (Å²) in [4.78, 5) is 11.3. The molecule has 0 aromatic heterocycles. The summed E-state index contributed by atoms with van der Waals surface area (Å²) in [5.41, 5.74) is 2.13. The van der Waals surface area contributed by atoms with Gasteiger partial charge in [-0.2, -0.15) is 0 Å². The second kappa shape index (κ2) is 7.07. The Labute approximate surface area is 121 Å². The Hall–Kier alpha value is -1.85. The molecule has 0 bridgehead atoms. The fourth-order valence-electron chi connectivity index (χ4n) is 1.76. The van der Waals surface area contributed by atoms with E-state index in [1.807, 2.05) is 24.3 Å². The molecule has 0 aliphatic rings. The Balaban J connectivity index is 1.84. The van der Waals surface area contributed by atoms with Gasteiger partial charge in [-0.15, -0.1) is 11.8 Å². The van der Waals surface area contributed by atoms with Crippen molar-refractivity contribution in [3.8, 4) is 0 Å². The molecule has 2 rings (SSSR count). The highest BCUT2D eigenvalue weighted by atomic mass is 32.2. The van der Waals surface area contributed by atoms with Crippen LogP contribution >= 0.6 is 11.8 Å². The Morgan fingerprint density at radius 3 is 2.15 bits per heavy atom. The number of nitro groups is 1.